The quantitative estimate of drug-likeness (QED) is 0.163. The second-order valence-corrected chi connectivity index (χ2v) is 15.1. The van der Waals surface area contributed by atoms with E-state index in [-0.39, 0.29) is 0 Å². The van der Waals surface area contributed by atoms with Gasteiger partial charge in [-0.05, 0) is 72.8 Å². The van der Waals surface area contributed by atoms with Crippen LogP contribution in [0.4, 0.5) is 17.1 Å². The topological polar surface area (TPSA) is 46.8 Å². The van der Waals surface area contributed by atoms with Crippen molar-refractivity contribution < 1.29 is 0 Å². The van der Waals surface area contributed by atoms with Crippen molar-refractivity contribution in [2.75, 3.05) is 4.90 Å². The summed E-state index contributed by atoms with van der Waals surface area (Å²) in [7, 11) is 0. The molecule has 0 amide bonds. The summed E-state index contributed by atoms with van der Waals surface area (Å²) in [6.07, 6.45) is 0. The van der Waals surface area contributed by atoms with Crippen LogP contribution in [0.1, 0.15) is 0 Å². The van der Waals surface area contributed by atoms with Crippen LogP contribution in [0.15, 0.2) is 200 Å². The molecule has 11 aromatic rings. The summed E-state index contributed by atoms with van der Waals surface area (Å²) >= 11 is 1.85. The number of rotatable bonds is 7. The van der Waals surface area contributed by atoms with E-state index < -0.39 is 0 Å². The van der Waals surface area contributed by atoms with Gasteiger partial charge in [-0.2, -0.15) is 0 Å². The van der Waals surface area contributed by atoms with Gasteiger partial charge in [0.05, 0.1) is 21.4 Å². The highest BCUT2D eigenvalue weighted by Gasteiger charge is 2.21. The normalized spacial score (nSPS) is 11.5. The maximum absolute atomic E-state index is 4.97. The predicted octanol–water partition coefficient (Wildman–Crippen LogP) is 13.8. The molecular weight excluding hydrogens is 715 g/mol. The second kappa shape index (κ2) is 13.7. The summed E-state index contributed by atoms with van der Waals surface area (Å²) in [5.74, 6) is 1.93. The number of fused-ring (bicyclic) bond motifs is 6. The molecule has 0 saturated heterocycles. The Bertz CT molecular complexity index is 3170. The van der Waals surface area contributed by atoms with Gasteiger partial charge >= 0.3 is 0 Å². The SMILES string of the molecule is c1ccc(-c2nc(-c3ccccc3)nc(-c3ccc(-n4c5ccccc5c5cc(N(c6ccccc6)c6cccc7c6sc6ccccc67)ccc54)cc3)n2)cc1. The van der Waals surface area contributed by atoms with Crippen molar-refractivity contribution in [1.29, 1.82) is 0 Å². The minimum atomic E-state index is 0.635. The fourth-order valence-corrected chi connectivity index (χ4v) is 9.19. The van der Waals surface area contributed by atoms with Crippen LogP contribution in [0.5, 0.6) is 0 Å². The lowest BCUT2D eigenvalue weighted by Crippen LogP contribution is -2.10. The summed E-state index contributed by atoms with van der Waals surface area (Å²) in [5.41, 5.74) is 9.56. The van der Waals surface area contributed by atoms with E-state index in [0.29, 0.717) is 17.5 Å². The summed E-state index contributed by atoms with van der Waals surface area (Å²) in [6, 6.07) is 70.4. The zero-order valence-electron chi connectivity index (χ0n) is 30.7. The first-order chi connectivity index (χ1) is 28.3. The molecule has 5 nitrogen and oxygen atoms in total. The molecule has 0 atom stereocenters. The molecule has 0 aliphatic carbocycles. The van der Waals surface area contributed by atoms with E-state index in [1.807, 2.05) is 72.0 Å². The fourth-order valence-electron chi connectivity index (χ4n) is 7.99. The van der Waals surface area contributed by atoms with Gasteiger partial charge in [-0.25, -0.2) is 15.0 Å². The van der Waals surface area contributed by atoms with Crippen molar-refractivity contribution in [3.63, 3.8) is 0 Å². The van der Waals surface area contributed by atoms with Crippen LogP contribution in [0.3, 0.4) is 0 Å². The molecule has 0 bridgehead atoms. The fraction of sp³-hybridized carbons (Fsp3) is 0. The Hall–Kier alpha value is -7.41. The molecule has 3 aromatic heterocycles. The third-order valence-corrected chi connectivity index (χ3v) is 11.8. The molecule has 268 valence electrons. The smallest absolute Gasteiger partial charge is 0.164 e. The van der Waals surface area contributed by atoms with Crippen LogP contribution in [0, 0.1) is 0 Å². The lowest BCUT2D eigenvalue weighted by Gasteiger charge is -2.26. The Kier molecular flexibility index (Phi) is 7.93. The number of anilines is 3. The molecule has 57 heavy (non-hydrogen) atoms. The molecule has 3 heterocycles. The van der Waals surface area contributed by atoms with Gasteiger partial charge in [0.1, 0.15) is 0 Å². The van der Waals surface area contributed by atoms with E-state index in [2.05, 4.69) is 149 Å². The predicted molar refractivity (Wildman–Crippen MR) is 238 cm³/mol. The molecule has 0 unspecified atom stereocenters. The van der Waals surface area contributed by atoms with Crippen molar-refractivity contribution in [2.45, 2.75) is 0 Å². The van der Waals surface area contributed by atoms with E-state index >= 15 is 0 Å². The van der Waals surface area contributed by atoms with E-state index in [0.717, 1.165) is 44.8 Å². The molecule has 0 aliphatic heterocycles. The van der Waals surface area contributed by atoms with Crippen molar-refractivity contribution in [3.8, 4) is 39.9 Å². The molecule has 0 spiro atoms. The lowest BCUT2D eigenvalue weighted by molar-refractivity contribution is 1.07. The van der Waals surface area contributed by atoms with Gasteiger partial charge in [-0.1, -0.05) is 127 Å². The average molecular weight is 748 g/mol. The van der Waals surface area contributed by atoms with E-state index in [1.165, 1.54) is 36.6 Å². The van der Waals surface area contributed by atoms with Crippen LogP contribution < -0.4 is 4.90 Å². The summed E-state index contributed by atoms with van der Waals surface area (Å²) in [4.78, 5) is 17.2. The number of nitrogens with zero attached hydrogens (tertiary/aromatic N) is 5. The molecule has 8 aromatic carbocycles. The highest BCUT2D eigenvalue weighted by Crippen LogP contribution is 2.46. The Morgan fingerprint density at radius 1 is 0.386 bits per heavy atom. The van der Waals surface area contributed by atoms with E-state index in [4.69, 9.17) is 15.0 Å². The number of para-hydroxylation sites is 2. The molecule has 0 radical (unpaired) electrons. The molecule has 6 heteroatoms. The second-order valence-electron chi connectivity index (χ2n) is 14.1. The van der Waals surface area contributed by atoms with Crippen molar-refractivity contribution >= 4 is 70.4 Å². The zero-order valence-corrected chi connectivity index (χ0v) is 31.5. The van der Waals surface area contributed by atoms with Crippen LogP contribution in [0.25, 0.3) is 81.8 Å². The van der Waals surface area contributed by atoms with Gasteiger partial charge in [0.25, 0.3) is 0 Å². The minimum Gasteiger partial charge on any atom is -0.309 e. The number of thiophene rings is 1. The Balaban J connectivity index is 1.04. The van der Waals surface area contributed by atoms with Gasteiger partial charge in [-0.3, -0.25) is 0 Å². The van der Waals surface area contributed by atoms with Gasteiger partial charge < -0.3 is 9.47 Å². The first-order valence-corrected chi connectivity index (χ1v) is 19.8. The maximum Gasteiger partial charge on any atom is 0.164 e. The van der Waals surface area contributed by atoms with E-state index in [1.54, 1.807) is 0 Å². The van der Waals surface area contributed by atoms with Crippen LogP contribution in [-0.2, 0) is 0 Å². The average Bonchev–Trinajstić information content (AvgIpc) is 3.84. The lowest BCUT2D eigenvalue weighted by atomic mass is 10.1. The number of benzene rings is 8. The standard InChI is InChI=1S/C51H33N5S/c1-4-15-34(16-5-1)49-52-50(35-17-6-2-7-18-35)54-51(53-49)36-27-29-38(30-28-36)56-44-24-12-10-21-40(44)43-33-39(31-32-45(43)56)55(37-19-8-3-9-20-37)46-25-14-23-42-41-22-11-13-26-47(41)57-48(42)46/h1-33H. The third-order valence-electron chi connectivity index (χ3n) is 10.6. The zero-order chi connectivity index (χ0) is 37.7. The highest BCUT2D eigenvalue weighted by molar-refractivity contribution is 7.26. The van der Waals surface area contributed by atoms with Gasteiger partial charge in [0, 0.05) is 60.0 Å². The maximum atomic E-state index is 4.97. The summed E-state index contributed by atoms with van der Waals surface area (Å²) in [5, 5.41) is 4.96. The number of aromatic nitrogens is 4. The largest absolute Gasteiger partial charge is 0.309 e. The summed E-state index contributed by atoms with van der Waals surface area (Å²) in [6.45, 7) is 0. The molecule has 11 rings (SSSR count). The highest BCUT2D eigenvalue weighted by atomic mass is 32.1. The molecule has 0 fully saturated rings. The van der Waals surface area contributed by atoms with Crippen LogP contribution in [0.2, 0.25) is 0 Å². The minimum absolute atomic E-state index is 0.635. The Morgan fingerprint density at radius 3 is 1.61 bits per heavy atom. The van der Waals surface area contributed by atoms with Crippen LogP contribution in [-0.4, -0.2) is 19.5 Å². The van der Waals surface area contributed by atoms with Crippen LogP contribution >= 0.6 is 11.3 Å². The van der Waals surface area contributed by atoms with E-state index in [9.17, 15) is 0 Å². The van der Waals surface area contributed by atoms with Gasteiger partial charge in [-0.15, -0.1) is 11.3 Å². The molecular formula is C51H33N5S. The Morgan fingerprint density at radius 2 is 0.930 bits per heavy atom. The molecule has 0 aliphatic rings. The number of hydrogen-bond donors (Lipinski definition) is 0. The van der Waals surface area contributed by atoms with Gasteiger partial charge in [0.2, 0.25) is 0 Å². The monoisotopic (exact) mass is 747 g/mol. The van der Waals surface area contributed by atoms with Crippen molar-refractivity contribution in [3.05, 3.63) is 200 Å². The molecule has 0 N–H and O–H groups in total. The third kappa shape index (κ3) is 5.74. The van der Waals surface area contributed by atoms with Crippen molar-refractivity contribution in [2.24, 2.45) is 0 Å². The first-order valence-electron chi connectivity index (χ1n) is 19.0. The van der Waals surface area contributed by atoms with Gasteiger partial charge in [0.15, 0.2) is 17.5 Å². The summed E-state index contributed by atoms with van der Waals surface area (Å²) < 4.78 is 4.92. The molecule has 0 saturated carbocycles. The van der Waals surface area contributed by atoms with Crippen molar-refractivity contribution in [1.82, 2.24) is 19.5 Å². The number of hydrogen-bond acceptors (Lipinski definition) is 5. The Labute approximate surface area is 333 Å². The first kappa shape index (κ1) is 33.0.